The Morgan fingerprint density at radius 3 is 2.44 bits per heavy atom. The van der Waals surface area contributed by atoms with Crippen molar-refractivity contribution in [3.8, 4) is 0 Å². The van der Waals surface area contributed by atoms with Crippen LogP contribution in [-0.2, 0) is 10.0 Å². The standard InChI is InChI=1S/C20H25N3O3S/c1-2-12-21-27(25,26)19-7-5-6-16(15-19)20(24)22-17-8-10-18(11-9-17)23-13-3-4-14-23/h5-11,15,21H,2-4,12-14H2,1H3,(H,22,24). The van der Waals surface area contributed by atoms with Crippen molar-refractivity contribution in [2.45, 2.75) is 31.1 Å². The first-order valence-electron chi connectivity index (χ1n) is 9.26. The average Bonchev–Trinajstić information content (AvgIpc) is 3.22. The second-order valence-electron chi connectivity index (χ2n) is 6.62. The molecule has 1 amide bonds. The van der Waals surface area contributed by atoms with E-state index >= 15 is 0 Å². The normalized spacial score (nSPS) is 14.3. The van der Waals surface area contributed by atoms with Crippen LogP contribution in [0, 0.1) is 0 Å². The number of carbonyl (C=O) groups is 1. The summed E-state index contributed by atoms with van der Waals surface area (Å²) in [7, 11) is -3.60. The van der Waals surface area contributed by atoms with Crippen molar-refractivity contribution in [2.24, 2.45) is 0 Å². The highest BCUT2D eigenvalue weighted by Gasteiger charge is 2.16. The average molecular weight is 388 g/mol. The Bertz CT molecular complexity index is 889. The van der Waals surface area contributed by atoms with E-state index in [9.17, 15) is 13.2 Å². The van der Waals surface area contributed by atoms with Crippen molar-refractivity contribution >= 4 is 27.3 Å². The Morgan fingerprint density at radius 1 is 1.07 bits per heavy atom. The topological polar surface area (TPSA) is 78.5 Å². The molecule has 2 N–H and O–H groups in total. The van der Waals surface area contributed by atoms with Gasteiger partial charge in [-0.1, -0.05) is 13.0 Å². The lowest BCUT2D eigenvalue weighted by atomic mass is 10.2. The first-order chi connectivity index (χ1) is 13.0. The van der Waals surface area contributed by atoms with Crippen molar-refractivity contribution in [2.75, 3.05) is 29.9 Å². The summed E-state index contributed by atoms with van der Waals surface area (Å²) < 4.78 is 27.0. The molecule has 1 fully saturated rings. The summed E-state index contributed by atoms with van der Waals surface area (Å²) in [6, 6.07) is 13.8. The molecule has 0 unspecified atom stereocenters. The summed E-state index contributed by atoms with van der Waals surface area (Å²) in [6.45, 7) is 4.39. The minimum atomic E-state index is -3.60. The quantitative estimate of drug-likeness (QED) is 0.765. The fourth-order valence-electron chi connectivity index (χ4n) is 3.06. The van der Waals surface area contributed by atoms with E-state index in [1.54, 1.807) is 12.1 Å². The molecule has 0 bridgehead atoms. The summed E-state index contributed by atoms with van der Waals surface area (Å²) in [5.41, 5.74) is 2.14. The Balaban J connectivity index is 1.70. The van der Waals surface area contributed by atoms with Gasteiger partial charge in [0.05, 0.1) is 4.90 Å². The Morgan fingerprint density at radius 2 is 1.78 bits per heavy atom. The zero-order chi connectivity index (χ0) is 19.3. The van der Waals surface area contributed by atoms with Crippen molar-refractivity contribution in [3.05, 3.63) is 54.1 Å². The Labute approximate surface area is 160 Å². The second kappa shape index (κ2) is 8.54. The van der Waals surface area contributed by atoms with Gasteiger partial charge in [0, 0.05) is 36.6 Å². The molecule has 2 aromatic rings. The highest BCUT2D eigenvalue weighted by atomic mass is 32.2. The number of nitrogens with zero attached hydrogens (tertiary/aromatic N) is 1. The van der Waals surface area contributed by atoms with E-state index in [1.807, 2.05) is 31.2 Å². The van der Waals surface area contributed by atoms with E-state index in [0.717, 1.165) is 18.8 Å². The van der Waals surface area contributed by atoms with Crippen LogP contribution < -0.4 is 14.9 Å². The number of hydrogen-bond donors (Lipinski definition) is 2. The van der Waals surface area contributed by atoms with Crippen LogP contribution >= 0.6 is 0 Å². The number of hydrogen-bond acceptors (Lipinski definition) is 4. The molecule has 0 radical (unpaired) electrons. The highest BCUT2D eigenvalue weighted by Crippen LogP contribution is 2.22. The molecule has 0 aliphatic carbocycles. The van der Waals surface area contributed by atoms with E-state index < -0.39 is 10.0 Å². The molecule has 1 aliphatic heterocycles. The molecular weight excluding hydrogens is 362 g/mol. The van der Waals surface area contributed by atoms with Gasteiger partial charge in [0.15, 0.2) is 0 Å². The van der Waals surface area contributed by atoms with Crippen molar-refractivity contribution in [1.29, 1.82) is 0 Å². The number of carbonyl (C=O) groups excluding carboxylic acids is 1. The first kappa shape index (κ1) is 19.4. The highest BCUT2D eigenvalue weighted by molar-refractivity contribution is 7.89. The molecule has 0 spiro atoms. The zero-order valence-corrected chi connectivity index (χ0v) is 16.3. The Kier molecular flexibility index (Phi) is 6.13. The van der Waals surface area contributed by atoms with Crippen LogP contribution in [0.25, 0.3) is 0 Å². The van der Waals surface area contributed by atoms with E-state index in [0.29, 0.717) is 24.2 Å². The van der Waals surface area contributed by atoms with Crippen LogP contribution in [0.3, 0.4) is 0 Å². The minimum absolute atomic E-state index is 0.0907. The van der Waals surface area contributed by atoms with Crippen LogP contribution in [-0.4, -0.2) is 34.0 Å². The third kappa shape index (κ3) is 4.87. The van der Waals surface area contributed by atoms with E-state index in [2.05, 4.69) is 14.9 Å². The lowest BCUT2D eigenvalue weighted by molar-refractivity contribution is 0.102. The largest absolute Gasteiger partial charge is 0.372 e. The van der Waals surface area contributed by atoms with Crippen LogP contribution in [0.15, 0.2) is 53.4 Å². The first-order valence-corrected chi connectivity index (χ1v) is 10.7. The minimum Gasteiger partial charge on any atom is -0.372 e. The van der Waals surface area contributed by atoms with Gasteiger partial charge in [0.1, 0.15) is 0 Å². The fraction of sp³-hybridized carbons (Fsp3) is 0.350. The van der Waals surface area contributed by atoms with Gasteiger partial charge in [-0.25, -0.2) is 13.1 Å². The molecule has 3 rings (SSSR count). The van der Waals surface area contributed by atoms with Crippen molar-refractivity contribution < 1.29 is 13.2 Å². The lowest BCUT2D eigenvalue weighted by Crippen LogP contribution is -2.24. The number of nitrogens with one attached hydrogen (secondary N) is 2. The van der Waals surface area contributed by atoms with Crippen LogP contribution in [0.1, 0.15) is 36.5 Å². The van der Waals surface area contributed by atoms with Gasteiger partial charge in [-0.3, -0.25) is 4.79 Å². The number of benzene rings is 2. The number of sulfonamides is 1. The molecule has 0 atom stereocenters. The SMILES string of the molecule is CCCNS(=O)(=O)c1cccc(C(=O)Nc2ccc(N3CCCC3)cc2)c1. The molecule has 0 saturated carbocycles. The van der Waals surface area contributed by atoms with E-state index in [-0.39, 0.29) is 10.8 Å². The molecule has 6 nitrogen and oxygen atoms in total. The molecule has 27 heavy (non-hydrogen) atoms. The summed E-state index contributed by atoms with van der Waals surface area (Å²) in [6.07, 6.45) is 3.13. The van der Waals surface area contributed by atoms with Gasteiger partial charge in [-0.15, -0.1) is 0 Å². The summed E-state index contributed by atoms with van der Waals surface area (Å²) >= 11 is 0. The van der Waals surface area contributed by atoms with Gasteiger partial charge in [0.2, 0.25) is 10.0 Å². The van der Waals surface area contributed by atoms with Crippen LogP contribution in [0.5, 0.6) is 0 Å². The van der Waals surface area contributed by atoms with E-state index in [1.165, 1.54) is 25.0 Å². The molecule has 0 aromatic heterocycles. The van der Waals surface area contributed by atoms with E-state index in [4.69, 9.17) is 0 Å². The predicted molar refractivity (Wildman–Crippen MR) is 108 cm³/mol. The maximum Gasteiger partial charge on any atom is 0.255 e. The van der Waals surface area contributed by atoms with Crippen molar-refractivity contribution in [1.82, 2.24) is 4.72 Å². The zero-order valence-electron chi connectivity index (χ0n) is 15.4. The van der Waals surface area contributed by atoms with Crippen molar-refractivity contribution in [3.63, 3.8) is 0 Å². The molecule has 1 saturated heterocycles. The molecular formula is C20H25N3O3S. The molecule has 1 heterocycles. The summed E-state index contributed by atoms with van der Waals surface area (Å²) in [5, 5.41) is 2.83. The smallest absolute Gasteiger partial charge is 0.255 e. The molecule has 7 heteroatoms. The molecule has 1 aliphatic rings. The van der Waals surface area contributed by atoms with Crippen LogP contribution in [0.2, 0.25) is 0 Å². The molecule has 144 valence electrons. The molecule has 2 aromatic carbocycles. The number of amides is 1. The third-order valence-corrected chi connectivity index (χ3v) is 6.00. The van der Waals surface area contributed by atoms with Gasteiger partial charge < -0.3 is 10.2 Å². The van der Waals surface area contributed by atoms with Gasteiger partial charge in [0.25, 0.3) is 5.91 Å². The van der Waals surface area contributed by atoms with Crippen LogP contribution in [0.4, 0.5) is 11.4 Å². The maximum atomic E-state index is 12.5. The Hall–Kier alpha value is -2.38. The third-order valence-electron chi connectivity index (χ3n) is 4.54. The summed E-state index contributed by atoms with van der Waals surface area (Å²) in [5.74, 6) is -0.337. The predicted octanol–water partition coefficient (Wildman–Crippen LogP) is 3.23. The number of rotatable bonds is 7. The lowest BCUT2D eigenvalue weighted by Gasteiger charge is -2.17. The van der Waals surface area contributed by atoms with Gasteiger partial charge in [-0.2, -0.15) is 0 Å². The monoisotopic (exact) mass is 387 g/mol. The summed E-state index contributed by atoms with van der Waals surface area (Å²) in [4.78, 5) is 14.9. The number of anilines is 2. The fourth-order valence-corrected chi connectivity index (χ4v) is 4.24. The van der Waals surface area contributed by atoms with Gasteiger partial charge in [-0.05, 0) is 61.7 Å². The maximum absolute atomic E-state index is 12.5. The van der Waals surface area contributed by atoms with Gasteiger partial charge >= 0.3 is 0 Å². The second-order valence-corrected chi connectivity index (χ2v) is 8.39.